The lowest BCUT2D eigenvalue weighted by Gasteiger charge is -2.41. The van der Waals surface area contributed by atoms with Crippen LogP contribution in [0, 0.1) is 6.92 Å². The monoisotopic (exact) mass is 1010 g/mol. The molecule has 0 N–H and O–H groups in total. The van der Waals surface area contributed by atoms with Gasteiger partial charge in [-0.1, -0.05) is 261 Å². The number of allylic oxidation sites excluding steroid dienone is 2. The summed E-state index contributed by atoms with van der Waals surface area (Å²) in [7, 11) is 0. The molecule has 1 spiro atoms. The van der Waals surface area contributed by atoms with Crippen molar-refractivity contribution in [2.24, 2.45) is 0 Å². The molecular formula is C77H53NO. The molecule has 0 fully saturated rings. The maximum Gasteiger partial charge on any atom is 0.140 e. The van der Waals surface area contributed by atoms with Gasteiger partial charge in [0.05, 0.1) is 16.5 Å². The van der Waals surface area contributed by atoms with Crippen LogP contribution in [0.25, 0.3) is 61.0 Å². The molecule has 79 heavy (non-hydrogen) atoms. The zero-order chi connectivity index (χ0) is 52.7. The summed E-state index contributed by atoms with van der Waals surface area (Å²) in [4.78, 5) is 2.45. The van der Waals surface area contributed by atoms with Gasteiger partial charge in [0.2, 0.25) is 0 Å². The van der Waals surface area contributed by atoms with Gasteiger partial charge in [-0.15, -0.1) is 0 Å². The Morgan fingerprint density at radius 1 is 0.367 bits per heavy atom. The smallest absolute Gasteiger partial charge is 0.140 e. The maximum absolute atomic E-state index is 7.29. The number of hydrogen-bond acceptors (Lipinski definition) is 2. The average Bonchev–Trinajstić information content (AvgIpc) is 3.73. The maximum atomic E-state index is 7.29. The Morgan fingerprint density at radius 2 is 0.899 bits per heavy atom. The number of nitrogens with zero attached hydrogens (tertiary/aromatic N) is 1. The molecule has 1 heterocycles. The van der Waals surface area contributed by atoms with Gasteiger partial charge >= 0.3 is 0 Å². The van der Waals surface area contributed by atoms with E-state index in [-0.39, 0.29) is 0 Å². The highest BCUT2D eigenvalue weighted by Gasteiger charge is 2.52. The quantitative estimate of drug-likeness (QED) is 0.143. The van der Waals surface area contributed by atoms with Crippen molar-refractivity contribution in [3.05, 3.63) is 353 Å². The van der Waals surface area contributed by atoms with Crippen LogP contribution in [0.5, 0.6) is 5.75 Å². The van der Waals surface area contributed by atoms with Crippen LogP contribution in [-0.4, -0.2) is 0 Å². The second-order valence-electron chi connectivity index (χ2n) is 21.1. The molecule has 2 aliphatic carbocycles. The molecule has 12 aromatic carbocycles. The largest absolute Gasteiger partial charge is 0.455 e. The Morgan fingerprint density at radius 3 is 1.61 bits per heavy atom. The van der Waals surface area contributed by atoms with Gasteiger partial charge in [-0.3, -0.25) is 0 Å². The summed E-state index contributed by atoms with van der Waals surface area (Å²) in [5.74, 6) is 1.72. The summed E-state index contributed by atoms with van der Waals surface area (Å²) in [6, 6.07) is 105. The van der Waals surface area contributed by atoms with E-state index in [1.807, 2.05) is 0 Å². The summed E-state index contributed by atoms with van der Waals surface area (Å²) in [5, 5.41) is 2.23. The Balaban J connectivity index is 0.918. The van der Waals surface area contributed by atoms with Gasteiger partial charge < -0.3 is 9.64 Å². The van der Waals surface area contributed by atoms with E-state index in [1.165, 1.54) is 55.6 Å². The number of rotatable bonds is 9. The molecule has 1 atom stereocenters. The van der Waals surface area contributed by atoms with Crippen LogP contribution in [0.3, 0.4) is 0 Å². The van der Waals surface area contributed by atoms with Gasteiger partial charge in [0, 0.05) is 39.0 Å². The number of ether oxygens (including phenoxy) is 1. The molecule has 0 radical (unpaired) electrons. The first-order valence-corrected chi connectivity index (χ1v) is 27.4. The van der Waals surface area contributed by atoms with E-state index in [1.54, 1.807) is 0 Å². The fourth-order valence-corrected chi connectivity index (χ4v) is 13.8. The molecule has 3 aliphatic rings. The third-order valence-electron chi connectivity index (χ3n) is 17.2. The topological polar surface area (TPSA) is 12.5 Å². The molecule has 12 aromatic rings. The number of fused-ring (bicyclic) bond motifs is 12. The van der Waals surface area contributed by atoms with Gasteiger partial charge in [-0.25, -0.2) is 0 Å². The highest BCUT2D eigenvalue weighted by atomic mass is 16.5. The van der Waals surface area contributed by atoms with Gasteiger partial charge in [-0.2, -0.15) is 0 Å². The van der Waals surface area contributed by atoms with E-state index in [0.29, 0.717) is 0 Å². The first-order valence-electron chi connectivity index (χ1n) is 27.4. The molecule has 0 saturated heterocycles. The molecule has 372 valence electrons. The average molecular weight is 1010 g/mol. The Labute approximate surface area is 462 Å². The number of benzene rings is 12. The van der Waals surface area contributed by atoms with Gasteiger partial charge in [0.25, 0.3) is 0 Å². The minimum absolute atomic E-state index is 0.498. The molecule has 0 bridgehead atoms. The van der Waals surface area contributed by atoms with Crippen molar-refractivity contribution in [3.8, 4) is 50.3 Å². The van der Waals surface area contributed by atoms with Crippen molar-refractivity contribution in [2.75, 3.05) is 4.90 Å². The van der Waals surface area contributed by atoms with Crippen molar-refractivity contribution in [1.82, 2.24) is 0 Å². The molecule has 0 saturated carbocycles. The lowest BCUT2D eigenvalue weighted by atomic mass is 9.64. The Kier molecular flexibility index (Phi) is 10.7. The molecule has 1 aliphatic heterocycles. The summed E-state index contributed by atoms with van der Waals surface area (Å²) in [5.41, 5.74) is 23.4. The number of anilines is 3. The van der Waals surface area contributed by atoms with E-state index < -0.39 is 10.8 Å². The zero-order valence-corrected chi connectivity index (χ0v) is 43.8. The molecule has 15 rings (SSSR count). The van der Waals surface area contributed by atoms with Crippen molar-refractivity contribution in [2.45, 2.75) is 17.8 Å². The van der Waals surface area contributed by atoms with Gasteiger partial charge in [-0.05, 0) is 127 Å². The molecular weight excluding hydrogens is 955 g/mol. The van der Waals surface area contributed by atoms with Crippen molar-refractivity contribution >= 4 is 33.6 Å². The predicted octanol–water partition coefficient (Wildman–Crippen LogP) is 19.6. The lowest BCUT2D eigenvalue weighted by Crippen LogP contribution is -2.34. The summed E-state index contributed by atoms with van der Waals surface area (Å²) < 4.78 is 7.29. The van der Waals surface area contributed by atoms with Gasteiger partial charge in [0.1, 0.15) is 11.5 Å². The fraction of sp³-hybridized carbons (Fsp3) is 0.0390. The summed E-state index contributed by atoms with van der Waals surface area (Å²) >= 11 is 0. The van der Waals surface area contributed by atoms with Crippen LogP contribution in [0.15, 0.2) is 303 Å². The van der Waals surface area contributed by atoms with E-state index in [4.69, 9.17) is 4.74 Å². The summed E-state index contributed by atoms with van der Waals surface area (Å²) in [6.07, 6.45) is 2.05. The second kappa shape index (κ2) is 18.3. The van der Waals surface area contributed by atoms with Crippen LogP contribution in [-0.2, 0) is 10.8 Å². The highest BCUT2D eigenvalue weighted by Crippen LogP contribution is 2.63. The molecule has 0 amide bonds. The number of aryl methyl sites for hydroxylation is 1. The van der Waals surface area contributed by atoms with E-state index in [0.717, 1.165) is 83.9 Å². The molecule has 2 nitrogen and oxygen atoms in total. The van der Waals surface area contributed by atoms with Crippen molar-refractivity contribution < 1.29 is 4.74 Å². The van der Waals surface area contributed by atoms with Crippen LogP contribution >= 0.6 is 0 Å². The molecule has 0 aromatic heterocycles. The minimum Gasteiger partial charge on any atom is -0.455 e. The predicted molar refractivity (Wildman–Crippen MR) is 327 cm³/mol. The SMILES string of the molecule is C=CC1=C(c2ccccc2C)Oc2c(ccc3ccccc23)C12c1ccccc1-c1ccc(-c3ccc(N(c4ccc5c(c4)-c4ccccc4C5(c4ccccc4)c4ccccc4)c4ccccc4-c4ccccc4)cc3)cc12. The fourth-order valence-electron chi connectivity index (χ4n) is 13.8. The highest BCUT2D eigenvalue weighted by molar-refractivity contribution is 5.99. The van der Waals surface area contributed by atoms with E-state index in [9.17, 15) is 0 Å². The third kappa shape index (κ3) is 6.84. The standard InChI is InChI=1S/C77H53NO/c1-3-67-74(60-31-15-13-23-51(60)2)79-75-62-33-16-14-26-54(62)42-47-71(75)77(67)69-37-21-17-34-63(69)65-46-41-55(49-72(65)77)52-39-43-58(44-40-52)78(73-38-22-19-32-61(73)53-24-7-4-8-25-53)59-45-48-70-66(50-59)64-35-18-20-36-68(64)76(70,56-27-9-5-10-28-56)57-29-11-6-12-30-57/h3-50H,1H2,2H3. The Hall–Kier alpha value is -10.0. The van der Waals surface area contributed by atoms with Gasteiger partial charge in [0.15, 0.2) is 0 Å². The molecule has 2 heteroatoms. The Bertz CT molecular complexity index is 4380. The van der Waals surface area contributed by atoms with E-state index >= 15 is 0 Å². The van der Waals surface area contributed by atoms with Crippen LogP contribution in [0.4, 0.5) is 17.1 Å². The lowest BCUT2D eigenvalue weighted by molar-refractivity contribution is 0.475. The first-order chi connectivity index (χ1) is 39.1. The second-order valence-corrected chi connectivity index (χ2v) is 21.1. The number of para-hydroxylation sites is 1. The normalized spacial score (nSPS) is 15.2. The van der Waals surface area contributed by atoms with Crippen molar-refractivity contribution in [3.63, 3.8) is 0 Å². The zero-order valence-electron chi connectivity index (χ0n) is 43.8. The molecule has 1 unspecified atom stereocenters. The minimum atomic E-state index is -0.721. The first kappa shape index (κ1) is 46.3. The van der Waals surface area contributed by atoms with Crippen LogP contribution in [0.1, 0.15) is 50.1 Å². The van der Waals surface area contributed by atoms with E-state index in [2.05, 4.69) is 310 Å². The van der Waals surface area contributed by atoms with Crippen LogP contribution in [0.2, 0.25) is 0 Å². The third-order valence-corrected chi connectivity index (χ3v) is 17.2. The summed E-state index contributed by atoms with van der Waals surface area (Å²) in [6.45, 7) is 6.76. The van der Waals surface area contributed by atoms with Crippen LogP contribution < -0.4 is 9.64 Å². The number of hydrogen-bond donors (Lipinski definition) is 0. The van der Waals surface area contributed by atoms with Crippen molar-refractivity contribution in [1.29, 1.82) is 0 Å².